The van der Waals surface area contributed by atoms with Crippen molar-refractivity contribution in [3.63, 3.8) is 0 Å². The van der Waals surface area contributed by atoms with Crippen molar-refractivity contribution in [1.29, 1.82) is 0 Å². The quantitative estimate of drug-likeness (QED) is 0.146. The average Bonchev–Trinajstić information content (AvgIpc) is 2.99. The SMILES string of the molecule is Nc1ccn([C@@H]2O[C@H](COC(=O)NCCCCCCC(=O)NO)[C@@H](O)[C@@H]2O)c(=O)n1. The summed E-state index contributed by atoms with van der Waals surface area (Å²) in [4.78, 5) is 38.0. The van der Waals surface area contributed by atoms with Gasteiger partial charge in [-0.2, -0.15) is 4.98 Å². The summed E-state index contributed by atoms with van der Waals surface area (Å²) >= 11 is 0. The predicted molar refractivity (Wildman–Crippen MR) is 101 cm³/mol. The van der Waals surface area contributed by atoms with E-state index in [1.54, 1.807) is 5.48 Å². The van der Waals surface area contributed by atoms with Crippen molar-refractivity contribution in [1.82, 2.24) is 20.3 Å². The third-order valence-electron chi connectivity index (χ3n) is 4.57. The molecule has 13 heteroatoms. The Balaban J connectivity index is 1.68. The van der Waals surface area contributed by atoms with Gasteiger partial charge in [-0.15, -0.1) is 0 Å². The van der Waals surface area contributed by atoms with E-state index in [-0.39, 0.29) is 18.8 Å². The van der Waals surface area contributed by atoms with Crippen LogP contribution in [0.3, 0.4) is 0 Å². The van der Waals surface area contributed by atoms with E-state index in [1.165, 1.54) is 12.3 Å². The van der Waals surface area contributed by atoms with Crippen molar-refractivity contribution >= 4 is 17.8 Å². The third kappa shape index (κ3) is 6.66. The fourth-order valence-electron chi connectivity index (χ4n) is 2.94. The highest BCUT2D eigenvalue weighted by Gasteiger charge is 2.44. The van der Waals surface area contributed by atoms with Gasteiger partial charge in [0.05, 0.1) is 0 Å². The van der Waals surface area contributed by atoms with Gasteiger partial charge < -0.3 is 30.7 Å². The predicted octanol–water partition coefficient (Wildman–Crippen LogP) is -1.37. The molecule has 0 radical (unpaired) electrons. The number of hydroxylamine groups is 1. The van der Waals surface area contributed by atoms with Crippen molar-refractivity contribution in [3.8, 4) is 0 Å². The maximum absolute atomic E-state index is 11.9. The molecule has 1 aliphatic rings. The van der Waals surface area contributed by atoms with Crippen molar-refractivity contribution < 1.29 is 34.5 Å². The van der Waals surface area contributed by atoms with Crippen LogP contribution in [0, 0.1) is 0 Å². The van der Waals surface area contributed by atoms with E-state index in [9.17, 15) is 24.6 Å². The molecule has 1 aliphatic heterocycles. The number of anilines is 1. The van der Waals surface area contributed by atoms with E-state index in [2.05, 4.69) is 10.3 Å². The number of hydrogen-bond acceptors (Lipinski definition) is 10. The zero-order valence-electron chi connectivity index (χ0n) is 16.3. The van der Waals surface area contributed by atoms with E-state index < -0.39 is 42.2 Å². The molecule has 0 aromatic carbocycles. The first-order valence-electron chi connectivity index (χ1n) is 9.53. The fourth-order valence-corrected chi connectivity index (χ4v) is 2.94. The zero-order chi connectivity index (χ0) is 22.1. The number of nitrogens with zero attached hydrogens (tertiary/aromatic N) is 2. The molecule has 7 N–H and O–H groups in total. The molecule has 13 nitrogen and oxygen atoms in total. The number of aromatic nitrogens is 2. The number of carbonyl (C=O) groups excluding carboxylic acids is 2. The largest absolute Gasteiger partial charge is 0.447 e. The monoisotopic (exact) mass is 429 g/mol. The Hall–Kier alpha value is -2.74. The van der Waals surface area contributed by atoms with Gasteiger partial charge in [0, 0.05) is 19.2 Å². The lowest BCUT2D eigenvalue weighted by Crippen LogP contribution is -2.37. The van der Waals surface area contributed by atoms with Crippen LogP contribution in [0.4, 0.5) is 10.6 Å². The van der Waals surface area contributed by atoms with Crippen LogP contribution < -0.4 is 22.2 Å². The van der Waals surface area contributed by atoms with Crippen LogP contribution in [-0.4, -0.2) is 68.4 Å². The van der Waals surface area contributed by atoms with Gasteiger partial charge in [-0.25, -0.2) is 15.1 Å². The lowest BCUT2D eigenvalue weighted by Gasteiger charge is -2.16. The number of nitrogens with one attached hydrogen (secondary N) is 2. The second-order valence-corrected chi connectivity index (χ2v) is 6.81. The number of nitrogen functional groups attached to an aromatic ring is 1. The number of ether oxygens (including phenoxy) is 2. The van der Waals surface area contributed by atoms with Gasteiger partial charge in [0.2, 0.25) is 5.91 Å². The first-order valence-corrected chi connectivity index (χ1v) is 9.53. The molecule has 1 fully saturated rings. The second kappa shape index (κ2) is 11.4. The number of unbranched alkanes of at least 4 members (excludes halogenated alkanes) is 3. The number of nitrogens with two attached hydrogens (primary N) is 1. The van der Waals surface area contributed by atoms with Gasteiger partial charge in [-0.05, 0) is 18.9 Å². The minimum atomic E-state index is -1.42. The Morgan fingerprint density at radius 3 is 2.67 bits per heavy atom. The van der Waals surface area contributed by atoms with E-state index >= 15 is 0 Å². The molecule has 0 aliphatic carbocycles. The van der Waals surface area contributed by atoms with Gasteiger partial charge in [0.15, 0.2) is 6.23 Å². The first-order chi connectivity index (χ1) is 14.3. The van der Waals surface area contributed by atoms with Crippen LogP contribution in [-0.2, 0) is 14.3 Å². The smallest absolute Gasteiger partial charge is 0.407 e. The molecule has 1 aromatic rings. The minimum Gasteiger partial charge on any atom is -0.447 e. The summed E-state index contributed by atoms with van der Waals surface area (Å²) in [6.07, 6.45) is -1.35. The molecule has 2 amide bonds. The second-order valence-electron chi connectivity index (χ2n) is 6.81. The molecule has 168 valence electrons. The van der Waals surface area contributed by atoms with Crippen LogP contribution in [0.2, 0.25) is 0 Å². The standard InChI is InChI=1S/C17H27N5O8/c18-11-6-8-22(16(26)20-11)15-14(25)13(24)10(30-15)9-29-17(27)19-7-4-2-1-3-5-12(23)21-28/h6,8,10,13-15,24-25,28H,1-5,7,9H2,(H,19,27)(H,21,23)(H2,18,20,26)/t10-,13-,14+,15-/m1/s1. The Bertz CT molecular complexity index is 773. The third-order valence-corrected chi connectivity index (χ3v) is 4.57. The maximum atomic E-state index is 11.9. The fraction of sp³-hybridized carbons (Fsp3) is 0.647. The maximum Gasteiger partial charge on any atom is 0.407 e. The highest BCUT2D eigenvalue weighted by molar-refractivity contribution is 5.74. The van der Waals surface area contributed by atoms with Gasteiger partial charge in [0.1, 0.15) is 30.7 Å². The lowest BCUT2D eigenvalue weighted by atomic mass is 10.1. The number of alkyl carbamates (subject to hydrolysis) is 1. The van der Waals surface area contributed by atoms with Crippen LogP contribution in [0.15, 0.2) is 17.1 Å². The highest BCUT2D eigenvalue weighted by atomic mass is 16.6. The van der Waals surface area contributed by atoms with E-state index in [0.29, 0.717) is 19.4 Å². The van der Waals surface area contributed by atoms with Crippen LogP contribution in [0.25, 0.3) is 0 Å². The van der Waals surface area contributed by atoms with Crippen molar-refractivity contribution in [2.24, 2.45) is 0 Å². The summed E-state index contributed by atoms with van der Waals surface area (Å²) in [5.41, 5.74) is 6.23. The first kappa shape index (κ1) is 23.5. The molecular formula is C17H27N5O8. The molecule has 1 aromatic heterocycles. The van der Waals surface area contributed by atoms with E-state index in [1.807, 2.05) is 0 Å². The average molecular weight is 429 g/mol. The number of rotatable bonds is 10. The summed E-state index contributed by atoms with van der Waals surface area (Å²) in [5, 5.41) is 31.2. The summed E-state index contributed by atoms with van der Waals surface area (Å²) < 4.78 is 11.5. The summed E-state index contributed by atoms with van der Waals surface area (Å²) in [6, 6.07) is 1.35. The molecule has 30 heavy (non-hydrogen) atoms. The summed E-state index contributed by atoms with van der Waals surface area (Å²) in [5.74, 6) is -0.422. The van der Waals surface area contributed by atoms with Crippen LogP contribution in [0.5, 0.6) is 0 Å². The molecule has 0 bridgehead atoms. The highest BCUT2D eigenvalue weighted by Crippen LogP contribution is 2.28. The molecule has 0 unspecified atom stereocenters. The van der Waals surface area contributed by atoms with Gasteiger partial charge in [-0.3, -0.25) is 14.6 Å². The normalized spacial score (nSPS) is 23.2. The van der Waals surface area contributed by atoms with Crippen LogP contribution >= 0.6 is 0 Å². The van der Waals surface area contributed by atoms with Crippen molar-refractivity contribution in [3.05, 3.63) is 22.7 Å². The summed E-state index contributed by atoms with van der Waals surface area (Å²) in [7, 11) is 0. The molecule has 2 heterocycles. The lowest BCUT2D eigenvalue weighted by molar-refractivity contribution is -0.129. The van der Waals surface area contributed by atoms with Gasteiger partial charge in [-0.1, -0.05) is 12.8 Å². The van der Waals surface area contributed by atoms with Gasteiger partial charge >= 0.3 is 11.8 Å². The molecule has 1 saturated heterocycles. The molecular weight excluding hydrogens is 402 g/mol. The van der Waals surface area contributed by atoms with E-state index in [4.69, 9.17) is 20.4 Å². The Kier molecular flexibility index (Phi) is 8.98. The number of carbonyl (C=O) groups is 2. The molecule has 2 rings (SSSR count). The number of aliphatic hydroxyl groups is 2. The van der Waals surface area contributed by atoms with Gasteiger partial charge in [0.25, 0.3) is 0 Å². The Morgan fingerprint density at radius 1 is 1.23 bits per heavy atom. The molecule has 4 atom stereocenters. The van der Waals surface area contributed by atoms with E-state index in [0.717, 1.165) is 17.4 Å². The number of amides is 2. The minimum absolute atomic E-state index is 0.0106. The van der Waals surface area contributed by atoms with Crippen molar-refractivity contribution in [2.75, 3.05) is 18.9 Å². The zero-order valence-corrected chi connectivity index (χ0v) is 16.3. The Morgan fingerprint density at radius 2 is 1.97 bits per heavy atom. The molecule has 0 saturated carbocycles. The topological polar surface area (TPSA) is 198 Å². The van der Waals surface area contributed by atoms with Crippen molar-refractivity contribution in [2.45, 2.75) is 56.6 Å². The number of hydrogen-bond donors (Lipinski definition) is 6. The van der Waals surface area contributed by atoms with Crippen LogP contribution in [0.1, 0.15) is 38.3 Å². The summed E-state index contributed by atoms with van der Waals surface area (Å²) in [6.45, 7) is 0.0326. The molecule has 0 spiro atoms. The Labute approximate surface area is 171 Å². The number of aliphatic hydroxyl groups excluding tert-OH is 2.